The molecule has 0 aromatic rings. The first kappa shape index (κ1) is 24.7. The summed E-state index contributed by atoms with van der Waals surface area (Å²) in [4.78, 5) is 11.1. The minimum atomic E-state index is -0.0419. The molecule has 0 aromatic heterocycles. The van der Waals surface area contributed by atoms with Crippen LogP contribution in [0.2, 0.25) is 0 Å². The van der Waals surface area contributed by atoms with E-state index in [1.807, 2.05) is 6.92 Å². The van der Waals surface area contributed by atoms with Crippen molar-refractivity contribution in [1.29, 1.82) is 0 Å². The van der Waals surface area contributed by atoms with Gasteiger partial charge in [-0.05, 0) is 26.3 Å². The normalized spacial score (nSPS) is 18.1. The summed E-state index contributed by atoms with van der Waals surface area (Å²) >= 11 is 0. The lowest BCUT2D eigenvalue weighted by atomic mass is 10.0. The number of carbonyl (C=O) groups excluding carboxylic acids is 1. The number of ether oxygens (including phenoxy) is 1. The molecular weight excluding hydrogens is 284 g/mol. The van der Waals surface area contributed by atoms with E-state index in [-0.39, 0.29) is 61.5 Å². The molecule has 0 bridgehead atoms. The molecule has 0 spiro atoms. The van der Waals surface area contributed by atoms with Crippen molar-refractivity contribution in [3.8, 4) is 0 Å². The third kappa shape index (κ3) is 9.52. The number of piperidine rings is 1. The van der Waals surface area contributed by atoms with Gasteiger partial charge in [0, 0.05) is 6.54 Å². The molecule has 1 aliphatic heterocycles. The molecule has 0 radical (unpaired) electrons. The molecule has 15 heavy (non-hydrogen) atoms. The molecule has 1 N–H and O–H groups in total. The molecule has 96 valence electrons. The summed E-state index contributed by atoms with van der Waals surface area (Å²) in [6.45, 7) is 4.16. The fraction of sp³-hybridized carbons (Fsp3) is 0.875. The van der Waals surface area contributed by atoms with Gasteiger partial charge in [0.2, 0.25) is 0 Å². The van der Waals surface area contributed by atoms with Crippen LogP contribution in [0.15, 0.2) is 0 Å². The first-order valence-electron chi connectivity index (χ1n) is 4.22. The van der Waals surface area contributed by atoms with E-state index in [9.17, 15) is 4.79 Å². The number of carbonyl (C=O) groups is 1. The van der Waals surface area contributed by atoms with Crippen molar-refractivity contribution in [2.75, 3.05) is 19.7 Å². The Hall–Kier alpha value is 0.590. The van der Waals surface area contributed by atoms with Crippen LogP contribution in [0.4, 0.5) is 0 Å². The second kappa shape index (κ2) is 14.6. The molecule has 0 aromatic carbocycles. The first-order valence-corrected chi connectivity index (χ1v) is 4.22. The Morgan fingerprint density at radius 3 is 2.33 bits per heavy atom. The third-order valence-corrected chi connectivity index (χ3v) is 1.92. The molecule has 0 saturated carbocycles. The summed E-state index contributed by atoms with van der Waals surface area (Å²) in [5, 5.41) is 3.17. The Morgan fingerprint density at radius 2 is 1.93 bits per heavy atom. The van der Waals surface area contributed by atoms with Gasteiger partial charge in [0.1, 0.15) is 0 Å². The smallest absolute Gasteiger partial charge is 0.310 e. The molecule has 7 heteroatoms. The van der Waals surface area contributed by atoms with E-state index in [0.717, 1.165) is 25.9 Å². The van der Waals surface area contributed by atoms with Gasteiger partial charge in [0.05, 0.1) is 12.5 Å². The molecule has 0 aliphatic carbocycles. The SMILES string of the molecule is CCOC(=O)C1CCCNC1.Cl.Cl.Cl.Cl. The number of rotatable bonds is 2. The zero-order chi connectivity index (χ0) is 8.10. The summed E-state index contributed by atoms with van der Waals surface area (Å²) in [5.74, 6) is 0.0587. The predicted octanol–water partition coefficient (Wildman–Crippen LogP) is 2.24. The van der Waals surface area contributed by atoms with E-state index in [2.05, 4.69) is 5.32 Å². The summed E-state index contributed by atoms with van der Waals surface area (Å²) < 4.78 is 4.90. The van der Waals surface area contributed by atoms with E-state index in [1.54, 1.807) is 0 Å². The van der Waals surface area contributed by atoms with E-state index >= 15 is 0 Å². The van der Waals surface area contributed by atoms with Crippen LogP contribution in [0.1, 0.15) is 19.8 Å². The highest BCUT2D eigenvalue weighted by molar-refractivity contribution is 5.86. The number of hydrogen-bond acceptors (Lipinski definition) is 3. The van der Waals surface area contributed by atoms with Crippen LogP contribution in [0, 0.1) is 5.92 Å². The molecule has 0 amide bonds. The minimum absolute atomic E-state index is 0. The second-order valence-electron chi connectivity index (χ2n) is 2.80. The zero-order valence-electron chi connectivity index (χ0n) is 8.56. The lowest BCUT2D eigenvalue weighted by Crippen LogP contribution is -2.35. The minimum Gasteiger partial charge on any atom is -0.466 e. The molecule has 1 atom stereocenters. The molecule has 1 saturated heterocycles. The lowest BCUT2D eigenvalue weighted by Gasteiger charge is -2.20. The predicted molar refractivity (Wildman–Crippen MR) is 71.2 cm³/mol. The summed E-state index contributed by atoms with van der Waals surface area (Å²) in [6, 6.07) is 0. The molecule has 1 fully saturated rings. The van der Waals surface area contributed by atoms with Gasteiger partial charge in [-0.3, -0.25) is 4.79 Å². The molecular formula is C8H19Cl4NO2. The quantitative estimate of drug-likeness (QED) is 0.795. The van der Waals surface area contributed by atoms with Gasteiger partial charge in [-0.25, -0.2) is 0 Å². The number of halogens is 4. The van der Waals surface area contributed by atoms with Gasteiger partial charge in [-0.1, -0.05) is 0 Å². The maximum atomic E-state index is 11.1. The van der Waals surface area contributed by atoms with Crippen molar-refractivity contribution in [3.63, 3.8) is 0 Å². The lowest BCUT2D eigenvalue weighted by molar-refractivity contribution is -0.148. The Kier molecular flexibility index (Phi) is 24.0. The Labute approximate surface area is 116 Å². The van der Waals surface area contributed by atoms with Crippen molar-refractivity contribution >= 4 is 55.6 Å². The van der Waals surface area contributed by atoms with Crippen molar-refractivity contribution in [2.24, 2.45) is 5.92 Å². The monoisotopic (exact) mass is 301 g/mol. The Morgan fingerprint density at radius 1 is 1.33 bits per heavy atom. The standard InChI is InChI=1S/C8H15NO2.4ClH/c1-2-11-8(10)7-4-3-5-9-6-7;;;;/h7,9H,2-6H2,1H3;4*1H. The van der Waals surface area contributed by atoms with Crippen molar-refractivity contribution in [3.05, 3.63) is 0 Å². The van der Waals surface area contributed by atoms with Crippen LogP contribution in [0.5, 0.6) is 0 Å². The molecule has 1 unspecified atom stereocenters. The van der Waals surface area contributed by atoms with Gasteiger partial charge in [-0.2, -0.15) is 0 Å². The molecule has 1 aliphatic rings. The number of hydrogen-bond donors (Lipinski definition) is 1. The van der Waals surface area contributed by atoms with Gasteiger partial charge < -0.3 is 10.1 Å². The maximum absolute atomic E-state index is 11.1. The van der Waals surface area contributed by atoms with Crippen LogP contribution in [-0.4, -0.2) is 25.7 Å². The van der Waals surface area contributed by atoms with E-state index in [1.165, 1.54) is 0 Å². The summed E-state index contributed by atoms with van der Waals surface area (Å²) in [5.41, 5.74) is 0. The molecule has 1 rings (SSSR count). The Bertz CT molecular complexity index is 143. The Balaban J connectivity index is -0.000000151. The average molecular weight is 303 g/mol. The second-order valence-corrected chi connectivity index (χ2v) is 2.80. The number of nitrogens with one attached hydrogen (secondary N) is 1. The van der Waals surface area contributed by atoms with Crippen LogP contribution in [0.3, 0.4) is 0 Å². The van der Waals surface area contributed by atoms with Gasteiger partial charge in [0.15, 0.2) is 0 Å². The first-order chi connectivity index (χ1) is 5.34. The van der Waals surface area contributed by atoms with Crippen LogP contribution in [0.25, 0.3) is 0 Å². The van der Waals surface area contributed by atoms with Gasteiger partial charge in [-0.15, -0.1) is 49.6 Å². The highest BCUT2D eigenvalue weighted by Gasteiger charge is 2.21. The van der Waals surface area contributed by atoms with Crippen LogP contribution < -0.4 is 5.32 Å². The number of esters is 1. The van der Waals surface area contributed by atoms with E-state index in [4.69, 9.17) is 4.74 Å². The third-order valence-electron chi connectivity index (χ3n) is 1.92. The van der Waals surface area contributed by atoms with Crippen molar-refractivity contribution < 1.29 is 9.53 Å². The van der Waals surface area contributed by atoms with Crippen molar-refractivity contribution in [1.82, 2.24) is 5.32 Å². The zero-order valence-corrected chi connectivity index (χ0v) is 11.8. The van der Waals surface area contributed by atoms with Crippen LogP contribution in [-0.2, 0) is 9.53 Å². The van der Waals surface area contributed by atoms with Gasteiger partial charge in [0.25, 0.3) is 0 Å². The van der Waals surface area contributed by atoms with Crippen molar-refractivity contribution in [2.45, 2.75) is 19.8 Å². The highest BCUT2D eigenvalue weighted by Crippen LogP contribution is 2.11. The van der Waals surface area contributed by atoms with E-state index in [0.29, 0.717) is 6.61 Å². The van der Waals surface area contributed by atoms with Crippen LogP contribution >= 0.6 is 49.6 Å². The fourth-order valence-corrected chi connectivity index (χ4v) is 1.31. The van der Waals surface area contributed by atoms with E-state index < -0.39 is 0 Å². The molecule has 3 nitrogen and oxygen atoms in total. The molecule has 1 heterocycles. The summed E-state index contributed by atoms with van der Waals surface area (Å²) in [6.07, 6.45) is 2.06. The largest absolute Gasteiger partial charge is 0.466 e. The fourth-order valence-electron chi connectivity index (χ4n) is 1.31. The average Bonchev–Trinajstić information content (AvgIpc) is 2.07. The summed E-state index contributed by atoms with van der Waals surface area (Å²) in [7, 11) is 0. The van der Waals surface area contributed by atoms with Gasteiger partial charge >= 0.3 is 5.97 Å². The topological polar surface area (TPSA) is 38.3 Å². The highest BCUT2D eigenvalue weighted by atomic mass is 35.5. The maximum Gasteiger partial charge on any atom is 0.310 e.